The first-order valence-electron chi connectivity index (χ1n) is 14.1. The van der Waals surface area contributed by atoms with E-state index in [1.165, 1.54) is 21.8 Å². The molecule has 0 saturated carbocycles. The van der Waals surface area contributed by atoms with E-state index in [1.54, 1.807) is 0 Å². The Kier molecular flexibility index (Phi) is 4.88. The lowest BCUT2D eigenvalue weighted by molar-refractivity contribution is 0.648. The van der Waals surface area contributed by atoms with Crippen LogP contribution in [-0.2, 0) is 13.1 Å². The van der Waals surface area contributed by atoms with Crippen LogP contribution in [0.1, 0.15) is 13.8 Å². The van der Waals surface area contributed by atoms with Crippen molar-refractivity contribution in [3.05, 3.63) is 82.8 Å². The number of hydrogen-bond donors (Lipinski definition) is 2. The van der Waals surface area contributed by atoms with E-state index >= 15 is 0 Å². The predicted molar refractivity (Wildman–Crippen MR) is 175 cm³/mol. The van der Waals surface area contributed by atoms with Crippen molar-refractivity contribution in [2.75, 3.05) is 0 Å². The molecular weight excluding hydrogens is 567 g/mol. The molecule has 0 saturated heterocycles. The molecule has 2 N–H and O–H groups in total. The molecule has 0 aliphatic carbocycles. The van der Waals surface area contributed by atoms with Gasteiger partial charge in [-0.15, -0.1) is 0 Å². The SMILES string of the molecule is CCn1c2ccccc2c2cc3[nH]c4c(Cl)c5oc6cc7c(cc6[nH]c5c(Cl)c4oc3cc21)c1ccccc1n7CC. The average Bonchev–Trinajstić information content (AvgIpc) is 3.50. The van der Waals surface area contributed by atoms with Crippen LogP contribution in [0.5, 0.6) is 0 Å². The number of nitrogens with one attached hydrogen (secondary N) is 2. The highest BCUT2D eigenvalue weighted by Crippen LogP contribution is 2.42. The standard InChI is InChI=1S/C34H24Cl2N4O2/c1-3-39-23-11-7-5-9-17(23)19-13-21-27(15-25(19)39)41-33-29(35)32-34(30(36)31(33)37-21)42-28-16-26-20(14-22(28)38-32)18-10-6-8-12-24(18)40(26)4-2/h5-16,37-38H,3-4H2,1-2H3. The molecule has 0 bridgehead atoms. The highest BCUT2D eigenvalue weighted by molar-refractivity contribution is 6.45. The summed E-state index contributed by atoms with van der Waals surface area (Å²) in [5.74, 6) is 0. The maximum absolute atomic E-state index is 7.06. The van der Waals surface area contributed by atoms with Gasteiger partial charge in [0.15, 0.2) is 22.3 Å². The Hall–Kier alpha value is -4.52. The van der Waals surface area contributed by atoms with Crippen molar-refractivity contribution in [3.63, 3.8) is 0 Å². The maximum atomic E-state index is 7.06. The minimum Gasteiger partial charge on any atom is -0.451 e. The number of para-hydroxylation sites is 2. The van der Waals surface area contributed by atoms with E-state index in [9.17, 15) is 0 Å². The van der Waals surface area contributed by atoms with E-state index in [0.29, 0.717) is 43.4 Å². The number of H-pyrrole nitrogens is 2. The van der Waals surface area contributed by atoms with Crippen molar-refractivity contribution in [1.29, 1.82) is 0 Å². The van der Waals surface area contributed by atoms with Crippen LogP contribution in [0, 0.1) is 0 Å². The van der Waals surface area contributed by atoms with E-state index in [0.717, 1.165) is 45.9 Å². The molecule has 8 heteroatoms. The molecule has 0 atom stereocenters. The first-order valence-corrected chi connectivity index (χ1v) is 14.9. The molecule has 9 aromatic rings. The summed E-state index contributed by atoms with van der Waals surface area (Å²) in [4.78, 5) is 7.02. The molecule has 0 unspecified atom stereocenters. The molecule has 0 aliphatic rings. The molecule has 0 amide bonds. The van der Waals surface area contributed by atoms with Crippen molar-refractivity contribution in [2.45, 2.75) is 26.9 Å². The van der Waals surface area contributed by atoms with Crippen LogP contribution in [0.15, 0.2) is 81.6 Å². The molecule has 0 fully saturated rings. The number of halogens is 2. The third-order valence-corrected chi connectivity index (χ3v) is 9.34. The largest absolute Gasteiger partial charge is 0.451 e. The summed E-state index contributed by atoms with van der Waals surface area (Å²) < 4.78 is 17.6. The fraction of sp³-hybridized carbons (Fsp3) is 0.118. The third kappa shape index (κ3) is 3.06. The topological polar surface area (TPSA) is 67.7 Å². The number of aromatic amines is 2. The molecule has 42 heavy (non-hydrogen) atoms. The van der Waals surface area contributed by atoms with E-state index in [-0.39, 0.29) is 0 Å². The zero-order chi connectivity index (χ0) is 28.3. The highest BCUT2D eigenvalue weighted by atomic mass is 35.5. The number of rotatable bonds is 2. The summed E-state index contributed by atoms with van der Waals surface area (Å²) in [5.41, 5.74) is 9.72. The fourth-order valence-electron chi connectivity index (χ4n) is 6.75. The summed E-state index contributed by atoms with van der Waals surface area (Å²) in [5, 5.41) is 5.49. The zero-order valence-corrected chi connectivity index (χ0v) is 24.3. The summed E-state index contributed by atoms with van der Waals surface area (Å²) in [7, 11) is 0. The lowest BCUT2D eigenvalue weighted by atomic mass is 10.1. The van der Waals surface area contributed by atoms with Crippen molar-refractivity contribution in [2.24, 2.45) is 0 Å². The van der Waals surface area contributed by atoms with Crippen LogP contribution < -0.4 is 0 Å². The maximum Gasteiger partial charge on any atom is 0.173 e. The van der Waals surface area contributed by atoms with Crippen LogP contribution in [-0.4, -0.2) is 19.1 Å². The van der Waals surface area contributed by atoms with E-state index in [2.05, 4.69) is 106 Å². The second kappa shape index (κ2) is 8.51. The van der Waals surface area contributed by atoms with Gasteiger partial charge in [0.1, 0.15) is 21.1 Å². The first kappa shape index (κ1) is 24.1. The van der Waals surface area contributed by atoms with Crippen molar-refractivity contribution in [3.8, 4) is 0 Å². The van der Waals surface area contributed by atoms with Crippen LogP contribution >= 0.6 is 23.2 Å². The van der Waals surface area contributed by atoms with E-state index < -0.39 is 0 Å². The van der Waals surface area contributed by atoms with Gasteiger partial charge in [-0.1, -0.05) is 59.6 Å². The Morgan fingerprint density at radius 3 is 1.43 bits per heavy atom. The Bertz CT molecular complexity index is 2460. The molecule has 6 nitrogen and oxygen atoms in total. The molecule has 4 aromatic heterocycles. The molecule has 0 aliphatic heterocycles. The van der Waals surface area contributed by atoms with Gasteiger partial charge in [0.2, 0.25) is 0 Å². The second-order valence-corrected chi connectivity index (χ2v) is 11.5. The van der Waals surface area contributed by atoms with Crippen molar-refractivity contribution >= 4 is 111 Å². The van der Waals surface area contributed by atoms with Gasteiger partial charge in [-0.2, -0.15) is 0 Å². The normalized spacial score (nSPS) is 12.5. The minimum absolute atomic E-state index is 0.403. The van der Waals surface area contributed by atoms with Gasteiger partial charge < -0.3 is 27.9 Å². The summed E-state index contributed by atoms with van der Waals surface area (Å²) in [6.45, 7) is 6.00. The smallest absolute Gasteiger partial charge is 0.173 e. The molecule has 206 valence electrons. The summed E-state index contributed by atoms with van der Waals surface area (Å²) in [6, 6.07) is 25.3. The van der Waals surface area contributed by atoms with Crippen LogP contribution in [0.4, 0.5) is 0 Å². The molecule has 9 rings (SSSR count). The molecule has 4 heterocycles. The monoisotopic (exact) mass is 590 g/mol. The van der Waals surface area contributed by atoms with Crippen molar-refractivity contribution < 1.29 is 8.83 Å². The minimum atomic E-state index is 0.403. The van der Waals surface area contributed by atoms with Gasteiger partial charge in [-0.25, -0.2) is 0 Å². The van der Waals surface area contributed by atoms with E-state index in [4.69, 9.17) is 32.0 Å². The Morgan fingerprint density at radius 1 is 0.571 bits per heavy atom. The second-order valence-electron chi connectivity index (χ2n) is 10.7. The van der Waals surface area contributed by atoms with Gasteiger partial charge in [0, 0.05) is 57.8 Å². The number of aryl methyl sites for hydroxylation is 2. The van der Waals surface area contributed by atoms with Gasteiger partial charge in [-0.05, 0) is 38.1 Å². The third-order valence-electron chi connectivity index (χ3n) is 8.62. The number of fused-ring (bicyclic) bond motifs is 10. The Balaban J connectivity index is 1.37. The quantitative estimate of drug-likeness (QED) is 0.196. The Labute approximate surface area is 248 Å². The van der Waals surface area contributed by atoms with Gasteiger partial charge in [0.25, 0.3) is 0 Å². The summed E-state index contributed by atoms with van der Waals surface area (Å²) >= 11 is 14.1. The fourth-order valence-corrected chi connectivity index (χ4v) is 7.28. The molecular formula is C34H24Cl2N4O2. The van der Waals surface area contributed by atoms with E-state index in [1.807, 2.05) is 0 Å². The molecule has 0 spiro atoms. The van der Waals surface area contributed by atoms with Gasteiger partial charge in [0.05, 0.1) is 22.1 Å². The Morgan fingerprint density at radius 2 is 1.00 bits per heavy atom. The summed E-state index contributed by atoms with van der Waals surface area (Å²) in [6.07, 6.45) is 0. The first-order chi connectivity index (χ1) is 20.6. The number of hydrogen-bond acceptors (Lipinski definition) is 2. The average molecular weight is 591 g/mol. The van der Waals surface area contributed by atoms with Crippen LogP contribution in [0.3, 0.4) is 0 Å². The van der Waals surface area contributed by atoms with Gasteiger partial charge >= 0.3 is 0 Å². The van der Waals surface area contributed by atoms with Gasteiger partial charge in [-0.3, -0.25) is 0 Å². The lowest BCUT2D eigenvalue weighted by Gasteiger charge is -2.12. The number of aromatic nitrogens is 4. The molecule has 0 radical (unpaired) electrons. The molecule has 5 aromatic carbocycles. The lowest BCUT2D eigenvalue weighted by Crippen LogP contribution is -1.94. The zero-order valence-electron chi connectivity index (χ0n) is 22.8. The number of nitrogens with zero attached hydrogens (tertiary/aromatic N) is 2. The number of benzene rings is 5. The van der Waals surface area contributed by atoms with Crippen LogP contribution in [0.25, 0.3) is 88.0 Å². The highest BCUT2D eigenvalue weighted by Gasteiger charge is 2.21. The van der Waals surface area contributed by atoms with Crippen LogP contribution in [0.2, 0.25) is 10.0 Å². The van der Waals surface area contributed by atoms with Crippen molar-refractivity contribution in [1.82, 2.24) is 19.1 Å². The predicted octanol–water partition coefficient (Wildman–Crippen LogP) is 10.8.